The molecule has 0 aromatic heterocycles. The van der Waals surface area contributed by atoms with Gasteiger partial charge in [0.25, 0.3) is 0 Å². The van der Waals surface area contributed by atoms with Gasteiger partial charge in [-0.25, -0.2) is 8.42 Å². The lowest BCUT2D eigenvalue weighted by Crippen LogP contribution is -2.44. The largest absolute Gasteiger partial charge is 0.398 e. The molecule has 8 heteroatoms. The molecule has 3 N–H and O–H groups in total. The zero-order valence-electron chi connectivity index (χ0n) is 11.0. The summed E-state index contributed by atoms with van der Waals surface area (Å²) in [6.07, 6.45) is 1.20. The standard InChI is InChI=1S/C12H16BrN3O3S/c1-15-12(17)11-3-2-6-16(11)20(18,19)8-4-5-9(13)10(14)7-8/h4-5,7,11H,2-3,6,14H2,1H3,(H,15,17). The van der Waals surface area contributed by atoms with Crippen molar-refractivity contribution in [1.29, 1.82) is 0 Å². The minimum atomic E-state index is -3.71. The summed E-state index contributed by atoms with van der Waals surface area (Å²) in [4.78, 5) is 11.9. The zero-order valence-corrected chi connectivity index (χ0v) is 13.4. The smallest absolute Gasteiger partial charge is 0.243 e. The van der Waals surface area contributed by atoms with Crippen molar-refractivity contribution in [3.05, 3.63) is 22.7 Å². The summed E-state index contributed by atoms with van der Waals surface area (Å²) in [6, 6.07) is 3.83. The lowest BCUT2D eigenvalue weighted by atomic mass is 10.2. The molecule has 0 radical (unpaired) electrons. The molecule has 6 nitrogen and oxygen atoms in total. The molecule has 0 saturated carbocycles. The maximum absolute atomic E-state index is 12.6. The number of sulfonamides is 1. The number of carbonyl (C=O) groups excluding carboxylic acids is 1. The van der Waals surface area contributed by atoms with E-state index in [1.54, 1.807) is 6.07 Å². The maximum atomic E-state index is 12.6. The molecule has 2 rings (SSSR count). The molecule has 1 amide bonds. The number of anilines is 1. The minimum Gasteiger partial charge on any atom is -0.398 e. The van der Waals surface area contributed by atoms with Crippen molar-refractivity contribution in [3.8, 4) is 0 Å². The Kier molecular flexibility index (Phi) is 4.36. The highest BCUT2D eigenvalue weighted by Crippen LogP contribution is 2.29. The highest BCUT2D eigenvalue weighted by atomic mass is 79.9. The molecule has 1 heterocycles. The number of halogens is 1. The van der Waals surface area contributed by atoms with Crippen molar-refractivity contribution in [2.45, 2.75) is 23.8 Å². The summed E-state index contributed by atoms with van der Waals surface area (Å²) in [5.41, 5.74) is 6.08. The molecule has 1 unspecified atom stereocenters. The van der Waals surface area contributed by atoms with Crippen molar-refractivity contribution in [2.75, 3.05) is 19.3 Å². The van der Waals surface area contributed by atoms with E-state index in [4.69, 9.17) is 5.73 Å². The Morgan fingerprint density at radius 1 is 1.50 bits per heavy atom. The monoisotopic (exact) mass is 361 g/mol. The molecular formula is C12H16BrN3O3S. The van der Waals surface area contributed by atoms with Crippen LogP contribution < -0.4 is 11.1 Å². The van der Waals surface area contributed by atoms with Gasteiger partial charge < -0.3 is 11.1 Å². The Bertz CT molecular complexity index is 633. The first-order chi connectivity index (χ1) is 9.37. The van der Waals surface area contributed by atoms with Crippen LogP contribution in [0.3, 0.4) is 0 Å². The first kappa shape index (κ1) is 15.3. The third kappa shape index (κ3) is 2.68. The van der Waals surface area contributed by atoms with Crippen LogP contribution in [0.25, 0.3) is 0 Å². The molecule has 1 aromatic carbocycles. The van der Waals surface area contributed by atoms with Crippen LogP contribution in [0.5, 0.6) is 0 Å². The van der Waals surface area contributed by atoms with Gasteiger partial charge in [0, 0.05) is 23.8 Å². The van der Waals surface area contributed by atoms with Gasteiger partial charge in [-0.15, -0.1) is 0 Å². The molecule has 1 saturated heterocycles. The Morgan fingerprint density at radius 2 is 2.20 bits per heavy atom. The summed E-state index contributed by atoms with van der Waals surface area (Å²) >= 11 is 3.23. The van der Waals surface area contributed by atoms with Gasteiger partial charge in [-0.2, -0.15) is 4.31 Å². The van der Waals surface area contributed by atoms with Gasteiger partial charge in [0.15, 0.2) is 0 Å². The van der Waals surface area contributed by atoms with Crippen LogP contribution in [0.2, 0.25) is 0 Å². The Hall–Kier alpha value is -1.12. The van der Waals surface area contributed by atoms with Crippen molar-refractivity contribution < 1.29 is 13.2 Å². The van der Waals surface area contributed by atoms with E-state index in [9.17, 15) is 13.2 Å². The molecule has 1 aliphatic rings. The molecule has 0 aliphatic carbocycles. The normalized spacial score (nSPS) is 20.0. The molecule has 1 atom stereocenters. The minimum absolute atomic E-state index is 0.106. The van der Waals surface area contributed by atoms with E-state index >= 15 is 0 Å². The van der Waals surface area contributed by atoms with Crippen LogP contribution in [-0.2, 0) is 14.8 Å². The van der Waals surface area contributed by atoms with Crippen LogP contribution in [0.4, 0.5) is 5.69 Å². The number of hydrogen-bond acceptors (Lipinski definition) is 4. The second-order valence-corrected chi connectivity index (χ2v) is 7.32. The number of benzene rings is 1. The highest BCUT2D eigenvalue weighted by Gasteiger charge is 2.39. The molecule has 110 valence electrons. The predicted octanol–water partition coefficient (Wildman–Crippen LogP) is 0.930. The van der Waals surface area contributed by atoms with Crippen LogP contribution in [-0.4, -0.2) is 38.3 Å². The molecule has 0 bridgehead atoms. The first-order valence-electron chi connectivity index (χ1n) is 6.16. The molecule has 1 aromatic rings. The number of carbonyl (C=O) groups is 1. The second-order valence-electron chi connectivity index (χ2n) is 4.57. The van der Waals surface area contributed by atoms with E-state index in [1.807, 2.05) is 0 Å². The number of nitrogens with two attached hydrogens (primary N) is 1. The number of rotatable bonds is 3. The Morgan fingerprint density at radius 3 is 2.80 bits per heavy atom. The van der Waals surface area contributed by atoms with Gasteiger partial charge in [-0.3, -0.25) is 4.79 Å². The lowest BCUT2D eigenvalue weighted by Gasteiger charge is -2.23. The summed E-state index contributed by atoms with van der Waals surface area (Å²) in [5.74, 6) is -0.281. The topological polar surface area (TPSA) is 92.5 Å². The highest BCUT2D eigenvalue weighted by molar-refractivity contribution is 9.10. The molecule has 1 fully saturated rings. The lowest BCUT2D eigenvalue weighted by molar-refractivity contribution is -0.123. The van der Waals surface area contributed by atoms with Gasteiger partial charge in [0.1, 0.15) is 6.04 Å². The van der Waals surface area contributed by atoms with Crippen molar-refractivity contribution in [3.63, 3.8) is 0 Å². The Labute approximate surface area is 126 Å². The van der Waals surface area contributed by atoms with Crippen LogP contribution in [0, 0.1) is 0 Å². The third-order valence-corrected chi connectivity index (χ3v) is 5.95. The fourth-order valence-electron chi connectivity index (χ4n) is 2.27. The number of hydrogen-bond donors (Lipinski definition) is 2. The maximum Gasteiger partial charge on any atom is 0.243 e. The number of amides is 1. The number of nitrogens with one attached hydrogen (secondary N) is 1. The van der Waals surface area contributed by atoms with E-state index < -0.39 is 16.1 Å². The van der Waals surface area contributed by atoms with Crippen molar-refractivity contribution in [2.24, 2.45) is 0 Å². The zero-order chi connectivity index (χ0) is 14.9. The first-order valence-corrected chi connectivity index (χ1v) is 8.39. The van der Waals surface area contributed by atoms with Gasteiger partial charge in [0.2, 0.25) is 15.9 Å². The van der Waals surface area contributed by atoms with Crippen LogP contribution in [0.15, 0.2) is 27.6 Å². The van der Waals surface area contributed by atoms with Crippen LogP contribution >= 0.6 is 15.9 Å². The number of nitrogens with zero attached hydrogens (tertiary/aromatic N) is 1. The number of likely N-dealkylation sites (N-methyl/N-ethyl adjacent to an activating group) is 1. The molecule has 20 heavy (non-hydrogen) atoms. The van der Waals surface area contributed by atoms with Crippen LogP contribution in [0.1, 0.15) is 12.8 Å². The van der Waals surface area contributed by atoms with E-state index in [0.29, 0.717) is 29.5 Å². The van der Waals surface area contributed by atoms with E-state index in [2.05, 4.69) is 21.2 Å². The van der Waals surface area contributed by atoms with E-state index in [1.165, 1.54) is 23.5 Å². The predicted molar refractivity (Wildman–Crippen MR) is 79.5 cm³/mol. The van der Waals surface area contributed by atoms with Crippen molar-refractivity contribution in [1.82, 2.24) is 9.62 Å². The third-order valence-electron chi connectivity index (χ3n) is 3.33. The fraction of sp³-hybridized carbons (Fsp3) is 0.417. The number of nitrogen functional groups attached to an aromatic ring is 1. The fourth-order valence-corrected chi connectivity index (χ4v) is 4.21. The quantitative estimate of drug-likeness (QED) is 0.783. The molecular weight excluding hydrogens is 346 g/mol. The molecule has 0 spiro atoms. The summed E-state index contributed by atoms with van der Waals surface area (Å²) < 4.78 is 27.1. The van der Waals surface area contributed by atoms with E-state index in [0.717, 1.165) is 0 Å². The van der Waals surface area contributed by atoms with Gasteiger partial charge in [0.05, 0.1) is 4.90 Å². The second kappa shape index (κ2) is 5.71. The molecule has 1 aliphatic heterocycles. The van der Waals surface area contributed by atoms with Gasteiger partial charge in [-0.1, -0.05) is 0 Å². The SMILES string of the molecule is CNC(=O)C1CCCN1S(=O)(=O)c1ccc(Br)c(N)c1. The van der Waals surface area contributed by atoms with Gasteiger partial charge in [-0.05, 0) is 47.0 Å². The van der Waals surface area contributed by atoms with E-state index in [-0.39, 0.29) is 10.8 Å². The van der Waals surface area contributed by atoms with Crippen molar-refractivity contribution >= 4 is 37.5 Å². The summed E-state index contributed by atoms with van der Waals surface area (Å²) in [6.45, 7) is 0.344. The summed E-state index contributed by atoms with van der Waals surface area (Å²) in [7, 11) is -2.21. The average molecular weight is 362 g/mol. The average Bonchev–Trinajstić information content (AvgIpc) is 2.90. The Balaban J connectivity index is 2.38. The van der Waals surface area contributed by atoms with Gasteiger partial charge >= 0.3 is 0 Å². The summed E-state index contributed by atoms with van der Waals surface area (Å²) in [5, 5.41) is 2.50.